The minimum Gasteiger partial charge on any atom is -0.316 e. The van der Waals surface area contributed by atoms with Gasteiger partial charge < -0.3 is 5.32 Å². The molecule has 2 rings (SSSR count). The minimum atomic E-state index is -0.787. The molecule has 21 heavy (non-hydrogen) atoms. The van der Waals surface area contributed by atoms with E-state index in [2.05, 4.69) is 5.32 Å². The molecule has 0 amide bonds. The van der Waals surface area contributed by atoms with E-state index in [1.807, 2.05) is 13.1 Å². The summed E-state index contributed by atoms with van der Waals surface area (Å²) < 4.78 is 13.4. The van der Waals surface area contributed by atoms with E-state index in [1.54, 1.807) is 6.07 Å². The lowest BCUT2D eigenvalue weighted by Gasteiger charge is -2.24. The van der Waals surface area contributed by atoms with Gasteiger partial charge in [-0.15, -0.1) is 0 Å². The van der Waals surface area contributed by atoms with Crippen molar-refractivity contribution in [2.75, 3.05) is 13.6 Å². The lowest BCUT2D eigenvalue weighted by atomic mass is 9.83. The molecule has 0 aromatic heterocycles. The first-order valence-electron chi connectivity index (χ1n) is 7.41. The van der Waals surface area contributed by atoms with Crippen LogP contribution in [0.1, 0.15) is 37.7 Å². The molecule has 5 heteroatoms. The van der Waals surface area contributed by atoms with Crippen LogP contribution < -0.4 is 5.32 Å². The normalized spacial score (nSPS) is 17.0. The molecular formula is C16H21FN2O2. The molecule has 1 saturated carbocycles. The van der Waals surface area contributed by atoms with Crippen LogP contribution >= 0.6 is 0 Å². The van der Waals surface area contributed by atoms with Crippen molar-refractivity contribution in [2.45, 2.75) is 32.1 Å². The SMILES string of the molecule is CNC/C(=C/c1ccc(F)c([N+](=O)[O-])c1)C1CCCCC1. The van der Waals surface area contributed by atoms with Crippen LogP contribution in [0, 0.1) is 21.8 Å². The standard InChI is InChI=1S/C16H21FN2O2/c1-18-11-14(13-5-3-2-4-6-13)9-12-7-8-15(17)16(10-12)19(20)21/h7-10,13,18H,2-6,11H2,1H3/b14-9-. The highest BCUT2D eigenvalue weighted by Gasteiger charge is 2.18. The Morgan fingerprint density at radius 1 is 1.43 bits per heavy atom. The molecule has 0 unspecified atom stereocenters. The largest absolute Gasteiger partial charge is 0.316 e. The van der Waals surface area contributed by atoms with Gasteiger partial charge in [-0.1, -0.05) is 37.0 Å². The highest BCUT2D eigenvalue weighted by Crippen LogP contribution is 2.31. The molecule has 1 N–H and O–H groups in total. The lowest BCUT2D eigenvalue weighted by molar-refractivity contribution is -0.387. The number of likely N-dealkylation sites (N-methyl/N-ethyl adjacent to an activating group) is 1. The van der Waals surface area contributed by atoms with E-state index >= 15 is 0 Å². The van der Waals surface area contributed by atoms with Gasteiger partial charge in [0.2, 0.25) is 5.82 Å². The van der Waals surface area contributed by atoms with Crippen molar-refractivity contribution in [3.05, 3.63) is 45.3 Å². The van der Waals surface area contributed by atoms with Gasteiger partial charge in [0.25, 0.3) is 0 Å². The number of hydrogen-bond donors (Lipinski definition) is 1. The highest BCUT2D eigenvalue weighted by atomic mass is 19.1. The zero-order chi connectivity index (χ0) is 15.2. The first-order valence-corrected chi connectivity index (χ1v) is 7.41. The monoisotopic (exact) mass is 292 g/mol. The molecule has 0 atom stereocenters. The van der Waals surface area contributed by atoms with Gasteiger partial charge >= 0.3 is 5.69 Å². The van der Waals surface area contributed by atoms with Gasteiger partial charge in [0.1, 0.15) is 0 Å². The molecular weight excluding hydrogens is 271 g/mol. The summed E-state index contributed by atoms with van der Waals surface area (Å²) in [5, 5.41) is 14.0. The van der Waals surface area contributed by atoms with Crippen molar-refractivity contribution in [2.24, 2.45) is 5.92 Å². The second-order valence-corrected chi connectivity index (χ2v) is 5.55. The van der Waals surface area contributed by atoms with Crippen LogP contribution in [0.5, 0.6) is 0 Å². The molecule has 0 saturated heterocycles. The third kappa shape index (κ3) is 4.11. The molecule has 1 aliphatic rings. The van der Waals surface area contributed by atoms with Crippen LogP contribution in [-0.4, -0.2) is 18.5 Å². The van der Waals surface area contributed by atoms with Crippen molar-refractivity contribution in [3.8, 4) is 0 Å². The predicted molar refractivity (Wildman–Crippen MR) is 81.5 cm³/mol. The number of halogens is 1. The van der Waals surface area contributed by atoms with Crippen molar-refractivity contribution in [1.29, 1.82) is 0 Å². The highest BCUT2D eigenvalue weighted by molar-refractivity contribution is 5.57. The molecule has 0 spiro atoms. The van der Waals surface area contributed by atoms with Crippen LogP contribution in [0.3, 0.4) is 0 Å². The summed E-state index contributed by atoms with van der Waals surface area (Å²) in [6, 6.07) is 4.08. The van der Waals surface area contributed by atoms with Crippen molar-refractivity contribution >= 4 is 11.8 Å². The third-order valence-electron chi connectivity index (χ3n) is 4.03. The molecule has 1 fully saturated rings. The van der Waals surface area contributed by atoms with E-state index < -0.39 is 16.4 Å². The number of hydrogen-bond acceptors (Lipinski definition) is 3. The molecule has 0 heterocycles. The van der Waals surface area contributed by atoms with Gasteiger partial charge in [-0.25, -0.2) is 0 Å². The molecule has 0 aliphatic heterocycles. The Balaban J connectivity index is 2.28. The molecule has 0 radical (unpaired) electrons. The molecule has 0 bridgehead atoms. The average Bonchev–Trinajstić information content (AvgIpc) is 2.49. The zero-order valence-electron chi connectivity index (χ0n) is 12.3. The Labute approximate surface area is 124 Å². The van der Waals surface area contributed by atoms with Gasteiger partial charge in [0.15, 0.2) is 0 Å². The van der Waals surface area contributed by atoms with E-state index in [0.717, 1.165) is 19.4 Å². The fraction of sp³-hybridized carbons (Fsp3) is 0.500. The van der Waals surface area contributed by atoms with E-state index in [-0.39, 0.29) is 0 Å². The van der Waals surface area contributed by atoms with Crippen LogP contribution in [0.2, 0.25) is 0 Å². The van der Waals surface area contributed by atoms with Gasteiger partial charge in [-0.2, -0.15) is 4.39 Å². The van der Waals surface area contributed by atoms with Crippen molar-refractivity contribution in [3.63, 3.8) is 0 Å². The Morgan fingerprint density at radius 3 is 2.76 bits per heavy atom. The van der Waals surface area contributed by atoms with Gasteiger partial charge in [0, 0.05) is 12.6 Å². The molecule has 4 nitrogen and oxygen atoms in total. The van der Waals surface area contributed by atoms with Gasteiger partial charge in [-0.05, 0) is 37.4 Å². The summed E-state index contributed by atoms with van der Waals surface area (Å²) in [5.74, 6) is -0.264. The fourth-order valence-corrected chi connectivity index (χ4v) is 2.96. The topological polar surface area (TPSA) is 55.2 Å². The number of benzene rings is 1. The van der Waals surface area contributed by atoms with E-state index in [4.69, 9.17) is 0 Å². The predicted octanol–water partition coefficient (Wildman–Crippen LogP) is 3.92. The maximum absolute atomic E-state index is 13.4. The van der Waals surface area contributed by atoms with Crippen LogP contribution in [0.15, 0.2) is 23.8 Å². The van der Waals surface area contributed by atoms with Gasteiger partial charge in [0.05, 0.1) is 4.92 Å². The average molecular weight is 292 g/mol. The number of nitrogens with one attached hydrogen (secondary N) is 1. The maximum Gasteiger partial charge on any atom is 0.305 e. The summed E-state index contributed by atoms with van der Waals surface area (Å²) in [7, 11) is 1.89. The number of rotatable bonds is 5. The molecule has 1 aromatic carbocycles. The summed E-state index contributed by atoms with van der Waals surface area (Å²) in [4.78, 5) is 10.1. The fourth-order valence-electron chi connectivity index (χ4n) is 2.96. The van der Waals surface area contributed by atoms with E-state index in [9.17, 15) is 14.5 Å². The Kier molecular flexibility index (Phi) is 5.44. The maximum atomic E-state index is 13.4. The zero-order valence-corrected chi connectivity index (χ0v) is 12.3. The Morgan fingerprint density at radius 2 is 2.14 bits per heavy atom. The van der Waals surface area contributed by atoms with Crippen LogP contribution in [0.25, 0.3) is 6.08 Å². The second kappa shape index (κ2) is 7.31. The minimum absolute atomic E-state index is 0.462. The van der Waals surface area contributed by atoms with Crippen LogP contribution in [-0.2, 0) is 0 Å². The summed E-state index contributed by atoms with van der Waals surface area (Å²) in [5.41, 5.74) is 1.48. The van der Waals surface area contributed by atoms with Gasteiger partial charge in [-0.3, -0.25) is 10.1 Å². The van der Waals surface area contributed by atoms with E-state index in [1.165, 1.54) is 37.0 Å². The molecule has 1 aliphatic carbocycles. The van der Waals surface area contributed by atoms with Crippen LogP contribution in [0.4, 0.5) is 10.1 Å². The van der Waals surface area contributed by atoms with Crippen molar-refractivity contribution < 1.29 is 9.31 Å². The summed E-state index contributed by atoms with van der Waals surface area (Å²) in [6.07, 6.45) is 8.04. The smallest absolute Gasteiger partial charge is 0.305 e. The lowest BCUT2D eigenvalue weighted by Crippen LogP contribution is -2.19. The Hall–Kier alpha value is -1.75. The third-order valence-corrected chi connectivity index (χ3v) is 4.03. The first kappa shape index (κ1) is 15.6. The van der Waals surface area contributed by atoms with E-state index in [0.29, 0.717) is 11.5 Å². The Bertz CT molecular complexity index is 537. The summed E-state index contributed by atoms with van der Waals surface area (Å²) in [6.45, 7) is 0.760. The quantitative estimate of drug-likeness (QED) is 0.661. The number of nitrogens with zero attached hydrogens (tertiary/aromatic N) is 1. The summed E-state index contributed by atoms with van der Waals surface area (Å²) >= 11 is 0. The molecule has 1 aromatic rings. The molecule has 114 valence electrons. The second-order valence-electron chi connectivity index (χ2n) is 5.55. The number of nitro benzene ring substituents is 1. The van der Waals surface area contributed by atoms with Crippen molar-refractivity contribution in [1.82, 2.24) is 5.32 Å². The first-order chi connectivity index (χ1) is 10.1. The number of nitro groups is 1.